The lowest BCUT2D eigenvalue weighted by Gasteiger charge is -2.18. The van der Waals surface area contributed by atoms with E-state index in [9.17, 15) is 0 Å². The minimum absolute atomic E-state index is 0.802. The lowest BCUT2D eigenvalue weighted by Crippen LogP contribution is -2.09. The molecule has 3 aromatic rings. The molecule has 5 rings (SSSR count). The summed E-state index contributed by atoms with van der Waals surface area (Å²) in [5.74, 6) is 1.11. The number of aryl methyl sites for hydroxylation is 1. The number of hydrogen-bond donors (Lipinski definition) is 4. The molecule has 0 unspecified atom stereocenters. The molecular formula is C24H28N4. The SMILES string of the molecule is CC.CCc1ccccc1-c1c[nH]c2c1C=C(c1ccc3c(c1)NCN3)CN2. The van der Waals surface area contributed by atoms with Gasteiger partial charge in [0.15, 0.2) is 0 Å². The highest BCUT2D eigenvalue weighted by Gasteiger charge is 2.19. The van der Waals surface area contributed by atoms with Crippen LogP contribution < -0.4 is 16.0 Å². The summed E-state index contributed by atoms with van der Waals surface area (Å²) in [7, 11) is 0. The van der Waals surface area contributed by atoms with Crippen LogP contribution in [0.15, 0.2) is 48.7 Å². The Morgan fingerprint density at radius 2 is 1.71 bits per heavy atom. The fourth-order valence-electron chi connectivity index (χ4n) is 3.92. The van der Waals surface area contributed by atoms with E-state index in [0.717, 1.165) is 25.5 Å². The molecule has 0 saturated carbocycles. The first-order valence-electron chi connectivity index (χ1n) is 10.2. The minimum Gasteiger partial charge on any atom is -0.367 e. The first kappa shape index (κ1) is 18.2. The summed E-state index contributed by atoms with van der Waals surface area (Å²) in [6, 6.07) is 15.3. The monoisotopic (exact) mass is 372 g/mol. The summed E-state index contributed by atoms with van der Waals surface area (Å²) in [6.07, 6.45) is 5.48. The van der Waals surface area contributed by atoms with Gasteiger partial charge in [0.25, 0.3) is 0 Å². The van der Waals surface area contributed by atoms with Gasteiger partial charge < -0.3 is 20.9 Å². The maximum atomic E-state index is 3.55. The average molecular weight is 373 g/mol. The van der Waals surface area contributed by atoms with Crippen LogP contribution in [0.25, 0.3) is 22.8 Å². The summed E-state index contributed by atoms with van der Waals surface area (Å²) in [5.41, 5.74) is 10.1. The van der Waals surface area contributed by atoms with Crippen molar-refractivity contribution in [2.24, 2.45) is 0 Å². The van der Waals surface area contributed by atoms with Crippen LogP contribution in [0.5, 0.6) is 0 Å². The number of anilines is 3. The van der Waals surface area contributed by atoms with E-state index in [1.165, 1.54) is 44.8 Å². The van der Waals surface area contributed by atoms with E-state index in [-0.39, 0.29) is 0 Å². The first-order valence-corrected chi connectivity index (χ1v) is 10.2. The molecule has 2 aromatic carbocycles. The first-order chi connectivity index (χ1) is 13.8. The van der Waals surface area contributed by atoms with E-state index in [1.54, 1.807) is 0 Å². The van der Waals surface area contributed by atoms with Gasteiger partial charge in [-0.25, -0.2) is 0 Å². The maximum absolute atomic E-state index is 3.55. The van der Waals surface area contributed by atoms with Crippen LogP contribution in [-0.2, 0) is 6.42 Å². The van der Waals surface area contributed by atoms with Crippen molar-refractivity contribution in [2.45, 2.75) is 27.2 Å². The molecule has 0 aliphatic carbocycles. The third-order valence-electron chi connectivity index (χ3n) is 5.33. The Bertz CT molecular complexity index is 1010. The van der Waals surface area contributed by atoms with Gasteiger partial charge >= 0.3 is 0 Å². The summed E-state index contributed by atoms with van der Waals surface area (Å²) < 4.78 is 0. The van der Waals surface area contributed by atoms with Gasteiger partial charge in [0.05, 0.1) is 18.0 Å². The van der Waals surface area contributed by atoms with E-state index >= 15 is 0 Å². The Hall–Kier alpha value is -3.14. The molecule has 2 aliphatic heterocycles. The Kier molecular flexibility index (Phi) is 5.11. The Labute approximate surface area is 167 Å². The molecule has 144 valence electrons. The van der Waals surface area contributed by atoms with E-state index in [0.29, 0.717) is 0 Å². The maximum Gasteiger partial charge on any atom is 0.111 e. The lowest BCUT2D eigenvalue weighted by atomic mass is 9.93. The van der Waals surface area contributed by atoms with Crippen molar-refractivity contribution in [3.8, 4) is 11.1 Å². The molecule has 0 fully saturated rings. The van der Waals surface area contributed by atoms with Crippen molar-refractivity contribution in [3.05, 3.63) is 65.4 Å². The zero-order valence-corrected chi connectivity index (χ0v) is 16.8. The zero-order valence-electron chi connectivity index (χ0n) is 16.8. The van der Waals surface area contributed by atoms with Gasteiger partial charge in [0.2, 0.25) is 0 Å². The van der Waals surface area contributed by atoms with Gasteiger partial charge in [-0.1, -0.05) is 51.1 Å². The summed E-state index contributed by atoms with van der Waals surface area (Å²) in [4.78, 5) is 3.41. The minimum atomic E-state index is 0.802. The second-order valence-corrected chi connectivity index (χ2v) is 6.82. The highest BCUT2D eigenvalue weighted by molar-refractivity contribution is 5.96. The van der Waals surface area contributed by atoms with Crippen molar-refractivity contribution in [1.82, 2.24) is 4.98 Å². The van der Waals surface area contributed by atoms with E-state index in [2.05, 4.69) is 82.6 Å². The molecule has 1 aromatic heterocycles. The fourth-order valence-corrected chi connectivity index (χ4v) is 3.92. The summed E-state index contributed by atoms with van der Waals surface area (Å²) >= 11 is 0. The number of benzene rings is 2. The van der Waals surface area contributed by atoms with Crippen molar-refractivity contribution in [3.63, 3.8) is 0 Å². The number of fused-ring (bicyclic) bond motifs is 2. The molecule has 0 spiro atoms. The smallest absolute Gasteiger partial charge is 0.111 e. The van der Waals surface area contributed by atoms with E-state index in [4.69, 9.17) is 0 Å². The quantitative estimate of drug-likeness (QED) is 0.454. The number of hydrogen-bond acceptors (Lipinski definition) is 3. The summed E-state index contributed by atoms with van der Waals surface area (Å²) in [5, 5.41) is 10.3. The van der Waals surface area contributed by atoms with Crippen LogP contribution in [0.3, 0.4) is 0 Å². The molecule has 4 heteroatoms. The molecule has 0 atom stereocenters. The Balaban J connectivity index is 0.000000932. The lowest BCUT2D eigenvalue weighted by molar-refractivity contribution is 1.14. The van der Waals surface area contributed by atoms with Gasteiger partial charge in [-0.2, -0.15) is 0 Å². The van der Waals surface area contributed by atoms with Crippen LogP contribution in [0.1, 0.15) is 37.5 Å². The highest BCUT2D eigenvalue weighted by Crippen LogP contribution is 2.38. The van der Waals surface area contributed by atoms with Gasteiger partial charge in [-0.3, -0.25) is 0 Å². The van der Waals surface area contributed by atoms with Gasteiger partial charge in [-0.05, 0) is 46.9 Å². The third-order valence-corrected chi connectivity index (χ3v) is 5.33. The second kappa shape index (κ2) is 7.85. The van der Waals surface area contributed by atoms with Crippen molar-refractivity contribution < 1.29 is 0 Å². The molecular weight excluding hydrogens is 344 g/mol. The predicted octanol–water partition coefficient (Wildman–Crippen LogP) is 6.03. The number of H-pyrrole nitrogens is 1. The Morgan fingerprint density at radius 1 is 0.893 bits per heavy atom. The topological polar surface area (TPSA) is 51.9 Å². The van der Waals surface area contributed by atoms with Crippen LogP contribution in [-0.4, -0.2) is 18.2 Å². The van der Waals surface area contributed by atoms with Crippen molar-refractivity contribution in [2.75, 3.05) is 29.2 Å². The summed E-state index contributed by atoms with van der Waals surface area (Å²) in [6.45, 7) is 7.84. The largest absolute Gasteiger partial charge is 0.367 e. The molecule has 0 radical (unpaired) electrons. The molecule has 4 nitrogen and oxygen atoms in total. The highest BCUT2D eigenvalue weighted by atomic mass is 15.1. The van der Waals surface area contributed by atoms with Crippen LogP contribution >= 0.6 is 0 Å². The van der Waals surface area contributed by atoms with Gasteiger partial charge in [0.1, 0.15) is 5.82 Å². The number of nitrogens with one attached hydrogen (secondary N) is 4. The van der Waals surface area contributed by atoms with E-state index < -0.39 is 0 Å². The zero-order chi connectivity index (χ0) is 19.5. The van der Waals surface area contributed by atoms with Crippen LogP contribution in [0, 0.1) is 0 Å². The normalized spacial score (nSPS) is 13.8. The molecule has 4 N–H and O–H groups in total. The molecule has 3 heterocycles. The predicted molar refractivity (Wildman–Crippen MR) is 122 cm³/mol. The van der Waals surface area contributed by atoms with Gasteiger partial charge in [-0.15, -0.1) is 0 Å². The number of aromatic nitrogens is 1. The molecule has 0 amide bonds. The Morgan fingerprint density at radius 3 is 2.57 bits per heavy atom. The molecule has 0 saturated heterocycles. The standard InChI is InChI=1S/C22H22N4.C2H6/c1-2-14-5-3-4-6-17(14)19-12-24-22-18(19)9-16(11-23-22)15-7-8-20-21(10-15)26-13-25-20;1-2/h3-10,12,23-26H,2,11,13H2,1H3;1-2H3. The van der Waals surface area contributed by atoms with Gasteiger partial charge in [0, 0.05) is 23.9 Å². The number of aromatic amines is 1. The molecule has 0 bridgehead atoms. The van der Waals surface area contributed by atoms with Crippen molar-refractivity contribution in [1.29, 1.82) is 0 Å². The third kappa shape index (κ3) is 3.15. The molecule has 2 aliphatic rings. The van der Waals surface area contributed by atoms with E-state index in [1.807, 2.05) is 13.8 Å². The molecule has 28 heavy (non-hydrogen) atoms. The van der Waals surface area contributed by atoms with Crippen LogP contribution in [0.4, 0.5) is 17.2 Å². The number of rotatable bonds is 3. The second-order valence-electron chi connectivity index (χ2n) is 6.82. The fraction of sp³-hybridized carbons (Fsp3) is 0.250. The van der Waals surface area contributed by atoms with Crippen LogP contribution in [0.2, 0.25) is 0 Å². The van der Waals surface area contributed by atoms with Crippen molar-refractivity contribution >= 4 is 28.8 Å². The average Bonchev–Trinajstić information content (AvgIpc) is 3.41.